The third-order valence-electron chi connectivity index (χ3n) is 3.74. The zero-order valence-electron chi connectivity index (χ0n) is 11.2. The number of nitrogens with zero attached hydrogens (tertiary/aromatic N) is 1. The highest BCUT2D eigenvalue weighted by Crippen LogP contribution is 2.27. The fourth-order valence-corrected chi connectivity index (χ4v) is 3.65. The molecule has 19 heavy (non-hydrogen) atoms. The molecule has 0 aliphatic heterocycles. The average molecular weight is 302 g/mol. The molecule has 0 unspecified atom stereocenters. The lowest BCUT2D eigenvalue weighted by molar-refractivity contribution is 0.263. The molecule has 0 spiro atoms. The Hall–Kier alpha value is -0.580. The van der Waals surface area contributed by atoms with Crippen LogP contribution in [0.5, 0.6) is 0 Å². The molecule has 0 bridgehead atoms. The second-order valence-electron chi connectivity index (χ2n) is 5.28. The van der Waals surface area contributed by atoms with Gasteiger partial charge >= 0.3 is 0 Å². The monoisotopic (exact) mass is 301 g/mol. The van der Waals surface area contributed by atoms with Crippen LogP contribution in [0.15, 0.2) is 24.3 Å². The molecule has 0 saturated heterocycles. The molecule has 1 aliphatic carbocycles. The first-order valence-electron chi connectivity index (χ1n) is 6.59. The van der Waals surface area contributed by atoms with E-state index in [1.807, 2.05) is 24.3 Å². The van der Waals surface area contributed by atoms with Crippen molar-refractivity contribution in [3.05, 3.63) is 35.4 Å². The van der Waals surface area contributed by atoms with Crippen molar-refractivity contribution in [3.8, 4) is 0 Å². The van der Waals surface area contributed by atoms with E-state index in [4.69, 9.17) is 11.6 Å². The summed E-state index contributed by atoms with van der Waals surface area (Å²) < 4.78 is 26.0. The summed E-state index contributed by atoms with van der Waals surface area (Å²) in [5.41, 5.74) is 1.82. The average Bonchev–Trinajstić information content (AvgIpc) is 2.34. The van der Waals surface area contributed by atoms with Crippen LogP contribution in [0.25, 0.3) is 0 Å². The van der Waals surface area contributed by atoms with Crippen LogP contribution in [0, 0.1) is 5.92 Å². The Kier molecular flexibility index (Phi) is 4.87. The van der Waals surface area contributed by atoms with Crippen molar-refractivity contribution in [1.82, 2.24) is 4.31 Å². The van der Waals surface area contributed by atoms with Gasteiger partial charge < -0.3 is 0 Å². The van der Waals surface area contributed by atoms with Gasteiger partial charge in [-0.05, 0) is 29.9 Å². The maximum atomic E-state index is 12.2. The molecule has 1 aliphatic rings. The maximum absolute atomic E-state index is 12.2. The fraction of sp³-hybridized carbons (Fsp3) is 0.571. The Balaban J connectivity index is 1.98. The van der Waals surface area contributed by atoms with Gasteiger partial charge in [-0.2, -0.15) is 0 Å². The van der Waals surface area contributed by atoms with E-state index in [1.54, 1.807) is 7.05 Å². The van der Waals surface area contributed by atoms with Crippen LogP contribution < -0.4 is 0 Å². The van der Waals surface area contributed by atoms with Crippen LogP contribution in [-0.4, -0.2) is 26.3 Å². The van der Waals surface area contributed by atoms with E-state index < -0.39 is 10.0 Å². The highest BCUT2D eigenvalue weighted by atomic mass is 35.5. The Morgan fingerprint density at radius 1 is 1.21 bits per heavy atom. The number of halogens is 1. The van der Waals surface area contributed by atoms with Crippen molar-refractivity contribution in [3.63, 3.8) is 0 Å². The lowest BCUT2D eigenvalue weighted by Gasteiger charge is -2.29. The second kappa shape index (κ2) is 6.25. The van der Waals surface area contributed by atoms with Crippen LogP contribution in [-0.2, 0) is 21.7 Å². The molecule has 0 amide bonds. The Morgan fingerprint density at radius 3 is 2.26 bits per heavy atom. The molecule has 2 rings (SSSR count). The summed E-state index contributed by atoms with van der Waals surface area (Å²) >= 11 is 5.72. The van der Waals surface area contributed by atoms with Gasteiger partial charge in [0, 0.05) is 19.5 Å². The van der Waals surface area contributed by atoms with Gasteiger partial charge in [0.15, 0.2) is 0 Å². The standard InChI is InChI=1S/C14H20ClNO2S/c1-16(10-13-3-2-4-13)19(17,18)11-14-7-5-12(9-15)6-8-14/h5-8,13H,2-4,9-11H2,1H3. The van der Waals surface area contributed by atoms with E-state index in [9.17, 15) is 8.42 Å². The van der Waals surface area contributed by atoms with Crippen molar-refractivity contribution in [2.45, 2.75) is 30.9 Å². The zero-order valence-corrected chi connectivity index (χ0v) is 12.8. The molecule has 3 nitrogen and oxygen atoms in total. The Bertz CT molecular complexity index is 509. The van der Waals surface area contributed by atoms with Gasteiger partial charge in [-0.25, -0.2) is 12.7 Å². The number of rotatable bonds is 6. The van der Waals surface area contributed by atoms with Crippen LogP contribution in [0.2, 0.25) is 0 Å². The summed E-state index contributed by atoms with van der Waals surface area (Å²) in [6.07, 6.45) is 3.55. The number of hydrogen-bond donors (Lipinski definition) is 0. The van der Waals surface area contributed by atoms with Crippen molar-refractivity contribution >= 4 is 21.6 Å². The van der Waals surface area contributed by atoms with Gasteiger partial charge in [-0.15, -0.1) is 11.6 Å². The molecule has 0 N–H and O–H groups in total. The van der Waals surface area contributed by atoms with E-state index in [2.05, 4.69) is 0 Å². The minimum absolute atomic E-state index is 0.0682. The number of alkyl halides is 1. The first-order chi connectivity index (χ1) is 9.01. The SMILES string of the molecule is CN(CC1CCC1)S(=O)(=O)Cc1ccc(CCl)cc1. The summed E-state index contributed by atoms with van der Waals surface area (Å²) in [6.45, 7) is 0.655. The van der Waals surface area contributed by atoms with Gasteiger partial charge in [0.2, 0.25) is 10.0 Å². The fourth-order valence-electron chi connectivity index (χ4n) is 2.20. The van der Waals surface area contributed by atoms with Crippen LogP contribution in [0.4, 0.5) is 0 Å². The van der Waals surface area contributed by atoms with E-state index in [0.717, 1.165) is 24.0 Å². The van der Waals surface area contributed by atoms with E-state index in [0.29, 0.717) is 18.3 Å². The van der Waals surface area contributed by atoms with Crippen LogP contribution in [0.3, 0.4) is 0 Å². The summed E-state index contributed by atoms with van der Waals surface area (Å²) in [5, 5.41) is 0. The van der Waals surface area contributed by atoms with E-state index in [-0.39, 0.29) is 5.75 Å². The van der Waals surface area contributed by atoms with E-state index in [1.165, 1.54) is 10.7 Å². The van der Waals surface area contributed by atoms with Gasteiger partial charge in [-0.1, -0.05) is 30.7 Å². The molecule has 1 saturated carbocycles. The van der Waals surface area contributed by atoms with Crippen molar-refractivity contribution in [1.29, 1.82) is 0 Å². The highest BCUT2D eigenvalue weighted by Gasteiger charge is 2.25. The minimum Gasteiger partial charge on any atom is -0.212 e. The first-order valence-corrected chi connectivity index (χ1v) is 8.73. The largest absolute Gasteiger partial charge is 0.218 e. The summed E-state index contributed by atoms with van der Waals surface area (Å²) in [7, 11) is -1.52. The highest BCUT2D eigenvalue weighted by molar-refractivity contribution is 7.88. The van der Waals surface area contributed by atoms with Gasteiger partial charge in [-0.3, -0.25) is 0 Å². The molecule has 0 heterocycles. The Morgan fingerprint density at radius 2 is 1.79 bits per heavy atom. The smallest absolute Gasteiger partial charge is 0.212 e. The molecule has 5 heteroatoms. The Labute approximate surface area is 120 Å². The minimum atomic E-state index is -3.20. The molecule has 0 aromatic heterocycles. The van der Waals surface area contributed by atoms with Gasteiger partial charge in [0.05, 0.1) is 5.75 Å². The predicted molar refractivity (Wildman–Crippen MR) is 78.6 cm³/mol. The summed E-state index contributed by atoms with van der Waals surface area (Å²) in [6, 6.07) is 7.44. The van der Waals surface area contributed by atoms with Crippen molar-refractivity contribution in [2.24, 2.45) is 5.92 Å². The molecule has 0 atom stereocenters. The maximum Gasteiger partial charge on any atom is 0.218 e. The molecule has 1 aromatic carbocycles. The summed E-state index contributed by atoms with van der Waals surface area (Å²) in [5.74, 6) is 1.08. The quantitative estimate of drug-likeness (QED) is 0.758. The number of hydrogen-bond acceptors (Lipinski definition) is 2. The third kappa shape index (κ3) is 3.94. The summed E-state index contributed by atoms with van der Waals surface area (Å²) in [4.78, 5) is 0. The molecule has 106 valence electrons. The molecular weight excluding hydrogens is 282 g/mol. The van der Waals surface area contributed by atoms with Crippen molar-refractivity contribution < 1.29 is 8.42 Å². The van der Waals surface area contributed by atoms with Gasteiger partial charge in [0.25, 0.3) is 0 Å². The zero-order chi connectivity index (χ0) is 13.9. The number of sulfonamides is 1. The molecular formula is C14H20ClNO2S. The van der Waals surface area contributed by atoms with E-state index >= 15 is 0 Å². The number of benzene rings is 1. The topological polar surface area (TPSA) is 37.4 Å². The molecule has 1 aromatic rings. The third-order valence-corrected chi connectivity index (χ3v) is 5.85. The first kappa shape index (κ1) is 14.8. The lowest BCUT2D eigenvalue weighted by Crippen LogP contribution is -2.35. The molecule has 0 radical (unpaired) electrons. The molecule has 1 fully saturated rings. The second-order valence-corrected chi connectivity index (χ2v) is 7.63. The normalized spacial score (nSPS) is 16.6. The predicted octanol–water partition coefficient (Wildman–Crippen LogP) is 2.99. The van der Waals surface area contributed by atoms with Crippen molar-refractivity contribution in [2.75, 3.05) is 13.6 Å². The van der Waals surface area contributed by atoms with Crippen LogP contribution in [0.1, 0.15) is 30.4 Å². The van der Waals surface area contributed by atoms with Gasteiger partial charge in [0.1, 0.15) is 0 Å². The van der Waals surface area contributed by atoms with Crippen LogP contribution >= 0.6 is 11.6 Å². The lowest BCUT2D eigenvalue weighted by atomic mass is 9.86.